The van der Waals surface area contributed by atoms with E-state index < -0.39 is 52.1 Å². The minimum atomic E-state index is -2.72. The molecule has 0 bridgehead atoms. The second-order valence-corrected chi connectivity index (χ2v) is 9.81. The van der Waals surface area contributed by atoms with E-state index in [0.717, 1.165) is 5.57 Å². The van der Waals surface area contributed by atoms with Crippen LogP contribution in [-0.2, 0) is 16.0 Å². The first kappa shape index (κ1) is 23.7. The number of carbonyl (C=O) groups is 3. The number of nitrogens with zero attached hydrogens (tertiary/aromatic N) is 2. The van der Waals surface area contributed by atoms with Crippen molar-refractivity contribution < 1.29 is 34.1 Å². The predicted molar refractivity (Wildman–Crippen MR) is 130 cm³/mol. The second kappa shape index (κ2) is 7.74. The van der Waals surface area contributed by atoms with Crippen LogP contribution in [0.25, 0.3) is 27.9 Å². The summed E-state index contributed by atoms with van der Waals surface area (Å²) in [5, 5.41) is 34.5. The number of Topliss-reactive ketones (excluding diaryl/α,β-unsaturated/α-hetero) is 2. The number of allylic oxidation sites excluding steroid dienone is 1. The lowest BCUT2D eigenvalue weighted by molar-refractivity contribution is -0.140. The number of oxazole rings is 1. The Labute approximate surface area is 205 Å². The van der Waals surface area contributed by atoms with Gasteiger partial charge in [0.05, 0.1) is 17.0 Å². The van der Waals surface area contributed by atoms with Crippen LogP contribution in [0.4, 0.5) is 0 Å². The SMILES string of the molecule is CC(C)=Cc1nc2ccc3cc4c(c(O)c3c2o1)C(=O)[C@]1(O)C(=O)C(C(N)=O)=C(O)[C@@H](N(C)C)[C@@H]1C4. The average molecular weight is 492 g/mol. The molecule has 1 amide bonds. The van der Waals surface area contributed by atoms with Crippen LogP contribution in [0.3, 0.4) is 0 Å². The average Bonchev–Trinajstić information content (AvgIpc) is 3.17. The van der Waals surface area contributed by atoms with Crippen molar-refractivity contribution >= 4 is 45.4 Å². The van der Waals surface area contributed by atoms with Gasteiger partial charge in [0.25, 0.3) is 5.91 Å². The van der Waals surface area contributed by atoms with Crippen LogP contribution in [-0.4, -0.2) is 68.4 Å². The molecule has 10 heteroatoms. The van der Waals surface area contributed by atoms with E-state index in [-0.39, 0.29) is 23.0 Å². The van der Waals surface area contributed by atoms with Crippen molar-refractivity contribution in [1.29, 1.82) is 0 Å². The molecule has 0 aliphatic heterocycles. The molecular weight excluding hydrogens is 466 g/mol. The zero-order chi connectivity index (χ0) is 26.3. The van der Waals surface area contributed by atoms with Gasteiger partial charge in [0.1, 0.15) is 22.6 Å². The molecule has 2 aromatic carbocycles. The summed E-state index contributed by atoms with van der Waals surface area (Å²) in [7, 11) is 3.16. The van der Waals surface area contributed by atoms with Crippen LogP contribution < -0.4 is 5.73 Å². The summed E-state index contributed by atoms with van der Waals surface area (Å²) in [5.41, 5.74) is 3.59. The maximum absolute atomic E-state index is 13.8. The number of aromatic hydroxyl groups is 1. The Morgan fingerprint density at radius 2 is 1.92 bits per heavy atom. The van der Waals surface area contributed by atoms with Gasteiger partial charge in [-0.1, -0.05) is 11.6 Å². The summed E-state index contributed by atoms with van der Waals surface area (Å²) in [6, 6.07) is 4.10. The number of benzene rings is 2. The molecule has 3 atom stereocenters. The molecule has 0 saturated heterocycles. The Kier molecular flexibility index (Phi) is 5.10. The molecule has 36 heavy (non-hydrogen) atoms. The molecule has 0 radical (unpaired) electrons. The van der Waals surface area contributed by atoms with E-state index in [1.807, 2.05) is 13.8 Å². The number of primary amides is 1. The molecule has 0 fully saturated rings. The molecule has 1 aromatic heterocycles. The Balaban J connectivity index is 1.79. The van der Waals surface area contributed by atoms with Crippen molar-refractivity contribution in [3.8, 4) is 5.75 Å². The van der Waals surface area contributed by atoms with E-state index in [1.165, 1.54) is 4.90 Å². The summed E-state index contributed by atoms with van der Waals surface area (Å²) in [6.07, 6.45) is 1.69. The summed E-state index contributed by atoms with van der Waals surface area (Å²) >= 11 is 0. The lowest BCUT2D eigenvalue weighted by Crippen LogP contribution is -2.66. The van der Waals surface area contributed by atoms with Gasteiger partial charge >= 0.3 is 0 Å². The van der Waals surface area contributed by atoms with Crippen molar-refractivity contribution in [2.24, 2.45) is 11.7 Å². The predicted octanol–water partition coefficient (Wildman–Crippen LogP) is 2.01. The number of carbonyl (C=O) groups excluding carboxylic acids is 3. The van der Waals surface area contributed by atoms with Gasteiger partial charge in [-0.2, -0.15) is 0 Å². The second-order valence-electron chi connectivity index (χ2n) is 9.81. The lowest BCUT2D eigenvalue weighted by Gasteiger charge is -2.47. The van der Waals surface area contributed by atoms with E-state index in [4.69, 9.17) is 10.2 Å². The first-order chi connectivity index (χ1) is 16.9. The number of hydrogen-bond acceptors (Lipinski definition) is 9. The molecule has 5 N–H and O–H groups in total. The van der Waals surface area contributed by atoms with Crippen LogP contribution in [0, 0.1) is 5.92 Å². The number of aliphatic hydroxyl groups excluding tert-OH is 1. The molecular formula is C26H25N3O7. The van der Waals surface area contributed by atoms with Crippen molar-refractivity contribution in [2.75, 3.05) is 14.1 Å². The van der Waals surface area contributed by atoms with E-state index in [1.54, 1.807) is 38.4 Å². The zero-order valence-electron chi connectivity index (χ0n) is 20.1. The molecule has 2 aliphatic rings. The summed E-state index contributed by atoms with van der Waals surface area (Å²) in [4.78, 5) is 45.1. The molecule has 1 heterocycles. The minimum absolute atomic E-state index is 0.0385. The van der Waals surface area contributed by atoms with Crippen LogP contribution >= 0.6 is 0 Å². The number of rotatable bonds is 3. The molecule has 0 spiro atoms. The number of fused-ring (bicyclic) bond motifs is 5. The third-order valence-electron chi connectivity index (χ3n) is 6.99. The molecule has 0 saturated carbocycles. The molecule has 2 aliphatic carbocycles. The topological polar surface area (TPSA) is 167 Å². The van der Waals surface area contributed by atoms with Gasteiger partial charge in [-0.15, -0.1) is 0 Å². The maximum atomic E-state index is 13.8. The van der Waals surface area contributed by atoms with Crippen molar-refractivity contribution in [2.45, 2.75) is 31.9 Å². The highest BCUT2D eigenvalue weighted by molar-refractivity contribution is 6.33. The van der Waals surface area contributed by atoms with Crippen molar-refractivity contribution in [3.63, 3.8) is 0 Å². The maximum Gasteiger partial charge on any atom is 0.255 e. The normalized spacial score (nSPS) is 23.8. The Hall–Kier alpha value is -4.02. The number of phenolic OH excluding ortho intramolecular Hbond substituents is 1. The number of nitrogens with two attached hydrogens (primary N) is 1. The standard InChI is InChI=1S/C26H25N3O7/c1-10(2)7-15-28-14-6-5-11-8-12-9-13-19(29(3)4)21(31)18(25(27)34)24(33)26(13,35)23(32)17(12)20(30)16(11)22(14)36-15/h5-8,13,19,30-31,35H,9H2,1-4H3,(H2,27,34)/t13-,19-,26-/m0/s1. The molecule has 5 rings (SSSR count). The lowest BCUT2D eigenvalue weighted by atomic mass is 9.61. The first-order valence-electron chi connectivity index (χ1n) is 11.3. The zero-order valence-corrected chi connectivity index (χ0v) is 20.1. The highest BCUT2D eigenvalue weighted by Crippen LogP contribution is 2.48. The summed E-state index contributed by atoms with van der Waals surface area (Å²) in [5.74, 6) is -5.47. The number of aliphatic hydroxyl groups is 2. The van der Waals surface area contributed by atoms with E-state index in [9.17, 15) is 29.7 Å². The Morgan fingerprint density at radius 3 is 2.53 bits per heavy atom. The van der Waals surface area contributed by atoms with Gasteiger partial charge in [-0.25, -0.2) is 4.98 Å². The molecule has 10 nitrogen and oxygen atoms in total. The summed E-state index contributed by atoms with van der Waals surface area (Å²) < 4.78 is 5.87. The van der Waals surface area contributed by atoms with Crippen LogP contribution in [0.5, 0.6) is 5.75 Å². The fourth-order valence-electron chi connectivity index (χ4n) is 5.49. The van der Waals surface area contributed by atoms with Crippen LogP contribution in [0.15, 0.2) is 39.5 Å². The fraction of sp³-hybridized carbons (Fsp3) is 0.308. The van der Waals surface area contributed by atoms with Crippen LogP contribution in [0.2, 0.25) is 0 Å². The highest BCUT2D eigenvalue weighted by atomic mass is 16.3. The number of hydrogen-bond donors (Lipinski definition) is 4. The van der Waals surface area contributed by atoms with Crippen molar-refractivity contribution in [1.82, 2.24) is 9.88 Å². The molecule has 3 aromatic rings. The Morgan fingerprint density at radius 1 is 1.22 bits per heavy atom. The van der Waals surface area contributed by atoms with E-state index in [0.29, 0.717) is 22.4 Å². The van der Waals surface area contributed by atoms with Gasteiger partial charge in [0, 0.05) is 5.92 Å². The van der Waals surface area contributed by atoms with Crippen LogP contribution in [0.1, 0.15) is 35.7 Å². The summed E-state index contributed by atoms with van der Waals surface area (Å²) in [6.45, 7) is 3.76. The largest absolute Gasteiger partial charge is 0.510 e. The number of ketones is 2. The van der Waals surface area contributed by atoms with Gasteiger partial charge in [-0.05, 0) is 63.5 Å². The van der Waals surface area contributed by atoms with Gasteiger partial charge in [0.15, 0.2) is 11.2 Å². The number of likely N-dealkylation sites (N-methyl/N-ethyl adjacent to an activating group) is 1. The smallest absolute Gasteiger partial charge is 0.255 e. The number of aromatic nitrogens is 1. The van der Waals surface area contributed by atoms with Gasteiger partial charge in [-0.3, -0.25) is 19.3 Å². The first-order valence-corrected chi connectivity index (χ1v) is 11.3. The Bertz CT molecular complexity index is 1580. The molecule has 0 unspecified atom stereocenters. The fourth-order valence-corrected chi connectivity index (χ4v) is 5.49. The third kappa shape index (κ3) is 3.04. The van der Waals surface area contributed by atoms with Gasteiger partial charge in [0.2, 0.25) is 17.5 Å². The van der Waals surface area contributed by atoms with E-state index in [2.05, 4.69) is 4.98 Å². The monoisotopic (exact) mass is 491 g/mol. The minimum Gasteiger partial charge on any atom is -0.510 e. The van der Waals surface area contributed by atoms with Gasteiger partial charge < -0.3 is 25.5 Å². The quantitative estimate of drug-likeness (QED) is 0.316. The number of phenols is 1. The third-order valence-corrected chi connectivity index (χ3v) is 6.99. The molecule has 186 valence electrons. The number of amides is 1. The highest BCUT2D eigenvalue weighted by Gasteiger charge is 2.63. The van der Waals surface area contributed by atoms with Crippen molar-refractivity contribution in [3.05, 3.63) is 52.1 Å². The van der Waals surface area contributed by atoms with E-state index >= 15 is 0 Å².